The number of esters is 1. The topological polar surface area (TPSA) is 89.8 Å². The summed E-state index contributed by atoms with van der Waals surface area (Å²) in [7, 11) is 0. The number of benzene rings is 1. The fourth-order valence-corrected chi connectivity index (χ4v) is 4.47. The molecule has 0 N–H and O–H groups in total. The Morgan fingerprint density at radius 1 is 1.48 bits per heavy atom. The largest absolute Gasteiger partial charge is 0.456 e. The van der Waals surface area contributed by atoms with Gasteiger partial charge in [-0.15, -0.1) is 11.8 Å². The summed E-state index contributed by atoms with van der Waals surface area (Å²) in [5.41, 5.74) is 0.937. The van der Waals surface area contributed by atoms with Crippen molar-refractivity contribution in [3.63, 3.8) is 0 Å². The van der Waals surface area contributed by atoms with Crippen molar-refractivity contribution in [3.8, 4) is 0 Å². The zero-order valence-electron chi connectivity index (χ0n) is 12.1. The smallest absolute Gasteiger partial charge is 0.357 e. The normalized spacial score (nSPS) is 19.4. The van der Waals surface area contributed by atoms with Crippen LogP contribution in [0, 0.1) is 10.1 Å². The molecule has 1 unspecified atom stereocenters. The number of amides is 1. The third kappa shape index (κ3) is 2.93. The molecule has 1 aromatic carbocycles. The molecule has 2 heterocycles. The average molecular weight is 352 g/mol. The zero-order chi connectivity index (χ0) is 16.6. The SMILES string of the molecule is CSC1=C(C(=O)OCc2ccc([N+](=O)[O-])cc2)N2C(=O)CC2S1. The molecule has 1 saturated heterocycles. The molecular formula is C14H12N2O5S2. The highest BCUT2D eigenvalue weighted by molar-refractivity contribution is 8.22. The summed E-state index contributed by atoms with van der Waals surface area (Å²) in [6.07, 6.45) is 2.29. The summed E-state index contributed by atoms with van der Waals surface area (Å²) in [6.45, 7) is -0.000642. The Balaban J connectivity index is 1.67. The number of hydrogen-bond acceptors (Lipinski definition) is 7. The molecule has 1 amide bonds. The van der Waals surface area contributed by atoms with Gasteiger partial charge in [0.15, 0.2) is 5.70 Å². The van der Waals surface area contributed by atoms with Gasteiger partial charge in [-0.05, 0) is 24.0 Å². The highest BCUT2D eigenvalue weighted by atomic mass is 32.2. The summed E-state index contributed by atoms with van der Waals surface area (Å²) >= 11 is 2.92. The van der Waals surface area contributed by atoms with Crippen molar-refractivity contribution >= 4 is 41.1 Å². The van der Waals surface area contributed by atoms with Crippen molar-refractivity contribution in [1.29, 1.82) is 0 Å². The molecule has 120 valence electrons. The number of carbonyl (C=O) groups excluding carboxylic acids is 2. The van der Waals surface area contributed by atoms with Gasteiger partial charge in [0, 0.05) is 12.1 Å². The Bertz CT molecular complexity index is 716. The van der Waals surface area contributed by atoms with Crippen molar-refractivity contribution in [3.05, 3.63) is 49.9 Å². The third-order valence-corrected chi connectivity index (χ3v) is 5.89. The van der Waals surface area contributed by atoms with E-state index >= 15 is 0 Å². The summed E-state index contributed by atoms with van der Waals surface area (Å²) in [4.78, 5) is 35.5. The zero-order valence-corrected chi connectivity index (χ0v) is 13.7. The number of hydrogen-bond donors (Lipinski definition) is 0. The Hall–Kier alpha value is -2.00. The molecule has 2 aliphatic heterocycles. The van der Waals surface area contributed by atoms with Crippen molar-refractivity contribution in [2.75, 3.05) is 6.26 Å². The maximum atomic E-state index is 12.3. The first-order valence-corrected chi connectivity index (χ1v) is 8.79. The summed E-state index contributed by atoms with van der Waals surface area (Å²) in [6, 6.07) is 5.79. The summed E-state index contributed by atoms with van der Waals surface area (Å²) in [5.74, 6) is -0.621. The molecule has 9 heteroatoms. The molecule has 0 radical (unpaired) electrons. The van der Waals surface area contributed by atoms with Gasteiger partial charge in [-0.3, -0.25) is 19.8 Å². The van der Waals surface area contributed by atoms with E-state index in [1.807, 2.05) is 6.26 Å². The highest BCUT2D eigenvalue weighted by Crippen LogP contribution is 2.50. The van der Waals surface area contributed by atoms with Crippen molar-refractivity contribution < 1.29 is 19.2 Å². The number of ether oxygens (including phenoxy) is 1. The number of nitro groups is 1. The van der Waals surface area contributed by atoms with Crippen molar-refractivity contribution in [2.45, 2.75) is 18.4 Å². The lowest BCUT2D eigenvalue weighted by molar-refractivity contribution is -0.384. The Labute approximate surface area is 140 Å². The molecule has 0 aliphatic carbocycles. The first-order chi connectivity index (χ1) is 11.0. The van der Waals surface area contributed by atoms with Gasteiger partial charge >= 0.3 is 5.97 Å². The lowest BCUT2D eigenvalue weighted by Gasteiger charge is -2.34. The van der Waals surface area contributed by atoms with Gasteiger partial charge in [-0.25, -0.2) is 4.79 Å². The Morgan fingerprint density at radius 3 is 2.74 bits per heavy atom. The molecule has 0 bridgehead atoms. The molecule has 0 saturated carbocycles. The van der Waals surface area contributed by atoms with Crippen LogP contribution in [0.15, 0.2) is 34.2 Å². The van der Waals surface area contributed by atoms with Crippen LogP contribution in [0.25, 0.3) is 0 Å². The van der Waals surface area contributed by atoms with Crippen LogP contribution in [0.4, 0.5) is 5.69 Å². The minimum Gasteiger partial charge on any atom is -0.456 e. The molecule has 2 aliphatic rings. The molecule has 7 nitrogen and oxygen atoms in total. The maximum Gasteiger partial charge on any atom is 0.357 e. The van der Waals surface area contributed by atoms with E-state index in [2.05, 4.69) is 0 Å². The van der Waals surface area contributed by atoms with Gasteiger partial charge in [0.25, 0.3) is 5.69 Å². The van der Waals surface area contributed by atoms with E-state index in [0.29, 0.717) is 17.7 Å². The quantitative estimate of drug-likeness (QED) is 0.348. The number of carbonyl (C=O) groups is 2. The van der Waals surface area contributed by atoms with E-state index in [-0.39, 0.29) is 23.6 Å². The minimum atomic E-state index is -0.546. The Morgan fingerprint density at radius 2 is 2.17 bits per heavy atom. The van der Waals surface area contributed by atoms with Gasteiger partial charge in [0.2, 0.25) is 5.91 Å². The average Bonchev–Trinajstić information content (AvgIpc) is 2.85. The van der Waals surface area contributed by atoms with E-state index in [0.717, 1.165) is 4.24 Å². The first kappa shape index (κ1) is 15.9. The molecule has 0 aromatic heterocycles. The minimum absolute atomic E-state index is 0.000642. The lowest BCUT2D eigenvalue weighted by atomic mass is 10.2. The van der Waals surface area contributed by atoms with Gasteiger partial charge in [-0.2, -0.15) is 0 Å². The van der Waals surface area contributed by atoms with Crippen LogP contribution >= 0.6 is 23.5 Å². The number of nitrogens with zero attached hydrogens (tertiary/aromatic N) is 2. The number of β-lactam (4-membered cyclic amide) rings is 1. The van der Waals surface area contributed by atoms with E-state index in [1.165, 1.54) is 52.7 Å². The molecule has 1 fully saturated rings. The number of thioether (sulfide) groups is 2. The van der Waals surface area contributed by atoms with Crippen LogP contribution < -0.4 is 0 Å². The highest BCUT2D eigenvalue weighted by Gasteiger charge is 2.48. The van der Waals surface area contributed by atoms with Crippen molar-refractivity contribution in [1.82, 2.24) is 4.90 Å². The van der Waals surface area contributed by atoms with Gasteiger partial charge in [0.1, 0.15) is 6.61 Å². The predicted molar refractivity (Wildman–Crippen MR) is 86.3 cm³/mol. The fourth-order valence-electron chi connectivity index (χ4n) is 2.29. The summed E-state index contributed by atoms with van der Waals surface area (Å²) < 4.78 is 6.04. The summed E-state index contributed by atoms with van der Waals surface area (Å²) in [5, 5.41) is 10.6. The second-order valence-electron chi connectivity index (χ2n) is 4.88. The van der Waals surface area contributed by atoms with E-state index in [4.69, 9.17) is 4.74 Å². The molecule has 1 aromatic rings. The van der Waals surface area contributed by atoms with Gasteiger partial charge in [0.05, 0.1) is 21.0 Å². The third-order valence-electron chi connectivity index (χ3n) is 3.48. The van der Waals surface area contributed by atoms with Crippen LogP contribution in [0.2, 0.25) is 0 Å². The van der Waals surface area contributed by atoms with Gasteiger partial charge in [-0.1, -0.05) is 11.8 Å². The molecule has 0 spiro atoms. The van der Waals surface area contributed by atoms with E-state index < -0.39 is 10.9 Å². The van der Waals surface area contributed by atoms with E-state index in [1.54, 1.807) is 0 Å². The van der Waals surface area contributed by atoms with Crippen LogP contribution in [-0.4, -0.2) is 33.3 Å². The number of non-ortho nitro benzene ring substituents is 1. The second kappa shape index (κ2) is 6.25. The van der Waals surface area contributed by atoms with Crippen LogP contribution in [0.1, 0.15) is 12.0 Å². The number of nitro benzene ring substituents is 1. The molecular weight excluding hydrogens is 340 g/mol. The fraction of sp³-hybridized carbons (Fsp3) is 0.286. The maximum absolute atomic E-state index is 12.3. The lowest BCUT2D eigenvalue weighted by Crippen LogP contribution is -2.48. The monoisotopic (exact) mass is 352 g/mol. The number of fused-ring (bicyclic) bond motifs is 1. The predicted octanol–water partition coefficient (Wildman–Crippen LogP) is 2.48. The molecule has 23 heavy (non-hydrogen) atoms. The standard InChI is InChI=1S/C14H12N2O5S2/c1-22-14-12(15-10(17)6-11(15)23-14)13(18)21-7-8-2-4-9(5-3-8)16(19)20/h2-5,11H,6-7H2,1H3. The van der Waals surface area contributed by atoms with Crippen LogP contribution in [0.3, 0.4) is 0 Å². The van der Waals surface area contributed by atoms with Gasteiger partial charge < -0.3 is 4.74 Å². The molecule has 3 rings (SSSR count). The Kier molecular flexibility index (Phi) is 4.31. The van der Waals surface area contributed by atoms with Crippen LogP contribution in [0.5, 0.6) is 0 Å². The molecule has 1 atom stereocenters. The van der Waals surface area contributed by atoms with E-state index in [9.17, 15) is 19.7 Å². The second-order valence-corrected chi connectivity index (χ2v) is 7.14. The first-order valence-electron chi connectivity index (χ1n) is 6.68. The van der Waals surface area contributed by atoms with Crippen LogP contribution in [-0.2, 0) is 20.9 Å². The number of rotatable bonds is 5. The van der Waals surface area contributed by atoms with Crippen molar-refractivity contribution in [2.24, 2.45) is 0 Å².